The number of aliphatic imine (C=N–C) groups is 1. The van der Waals surface area contributed by atoms with Crippen molar-refractivity contribution in [2.45, 2.75) is 31.9 Å². The van der Waals surface area contributed by atoms with E-state index in [1.807, 2.05) is 12.1 Å². The number of benzene rings is 1. The van der Waals surface area contributed by atoms with Crippen LogP contribution in [0.3, 0.4) is 0 Å². The topological polar surface area (TPSA) is 62.9 Å². The zero-order valence-corrected chi connectivity index (χ0v) is 14.2. The molecule has 2 heterocycles. The number of ether oxygens (including phenoxy) is 1. The van der Waals surface area contributed by atoms with Crippen LogP contribution in [0.25, 0.3) is 0 Å². The van der Waals surface area contributed by atoms with Crippen molar-refractivity contribution in [2.75, 3.05) is 32.8 Å². The maximum Gasteiger partial charge on any atom is 0.188 e. The molecule has 0 aliphatic carbocycles. The van der Waals surface area contributed by atoms with E-state index in [9.17, 15) is 0 Å². The molecule has 1 unspecified atom stereocenters. The predicted octanol–water partition coefficient (Wildman–Crippen LogP) is 1.78. The first-order valence-electron chi connectivity index (χ1n) is 8.36. The smallest absolute Gasteiger partial charge is 0.188 e. The van der Waals surface area contributed by atoms with Gasteiger partial charge < -0.3 is 15.8 Å². The Labute approximate surface area is 142 Å². The normalized spacial score (nSPS) is 22.1. The Morgan fingerprint density at radius 1 is 1.48 bits per heavy atom. The lowest BCUT2D eigenvalue weighted by molar-refractivity contribution is 0.117. The molecule has 1 aromatic carbocycles. The highest BCUT2D eigenvalue weighted by Crippen LogP contribution is 2.25. The molecule has 5 nitrogen and oxygen atoms in total. The van der Waals surface area contributed by atoms with Gasteiger partial charge >= 0.3 is 0 Å². The van der Waals surface area contributed by atoms with Gasteiger partial charge in [-0.15, -0.1) is 0 Å². The maximum absolute atomic E-state index is 6.25. The summed E-state index contributed by atoms with van der Waals surface area (Å²) in [6.45, 7) is 5.25. The molecular weight excluding hydrogens is 312 g/mol. The highest BCUT2D eigenvalue weighted by Gasteiger charge is 2.18. The van der Waals surface area contributed by atoms with Crippen LogP contribution in [0.15, 0.2) is 23.2 Å². The second-order valence-corrected chi connectivity index (χ2v) is 6.60. The number of guanidine groups is 1. The fourth-order valence-corrected chi connectivity index (χ4v) is 3.49. The van der Waals surface area contributed by atoms with Crippen LogP contribution in [0.5, 0.6) is 0 Å². The van der Waals surface area contributed by atoms with E-state index in [1.165, 1.54) is 11.1 Å². The molecule has 0 bridgehead atoms. The van der Waals surface area contributed by atoms with Crippen molar-refractivity contribution in [2.24, 2.45) is 10.7 Å². The number of halogens is 1. The largest absolute Gasteiger partial charge is 0.376 e. The average Bonchev–Trinajstić information content (AvgIpc) is 3.06. The van der Waals surface area contributed by atoms with Crippen LogP contribution in [0.2, 0.25) is 5.02 Å². The number of rotatable bonds is 5. The summed E-state index contributed by atoms with van der Waals surface area (Å²) in [7, 11) is 0. The third-order valence-corrected chi connectivity index (χ3v) is 4.87. The standard InChI is InChI=1S/C17H25ClN4O/c18-16-5-1-3-13-12-22(8-6-15(13)16)9-7-20-17(19)21-11-14-4-2-10-23-14/h1,3,5,14H,2,4,6-12H2,(H3,19,20,21). The molecule has 0 aromatic heterocycles. The fourth-order valence-electron chi connectivity index (χ4n) is 3.20. The molecule has 6 heteroatoms. The zero-order chi connectivity index (χ0) is 16.1. The van der Waals surface area contributed by atoms with Gasteiger partial charge in [0.2, 0.25) is 0 Å². The van der Waals surface area contributed by atoms with E-state index in [0.717, 1.165) is 57.1 Å². The van der Waals surface area contributed by atoms with Gasteiger partial charge in [0, 0.05) is 37.8 Å². The van der Waals surface area contributed by atoms with Crippen LogP contribution in [0, 0.1) is 0 Å². The van der Waals surface area contributed by atoms with E-state index in [1.54, 1.807) is 0 Å². The third kappa shape index (κ3) is 4.59. The Bertz CT molecular complexity index is 558. The summed E-state index contributed by atoms with van der Waals surface area (Å²) in [6.07, 6.45) is 3.48. The summed E-state index contributed by atoms with van der Waals surface area (Å²) >= 11 is 6.25. The molecule has 0 radical (unpaired) electrons. The van der Waals surface area contributed by atoms with E-state index in [2.05, 4.69) is 21.3 Å². The molecule has 126 valence electrons. The van der Waals surface area contributed by atoms with Gasteiger partial charge in [0.15, 0.2) is 5.96 Å². The van der Waals surface area contributed by atoms with Crippen molar-refractivity contribution in [3.63, 3.8) is 0 Å². The van der Waals surface area contributed by atoms with Gasteiger partial charge in [0.1, 0.15) is 0 Å². The molecule has 1 atom stereocenters. The summed E-state index contributed by atoms with van der Waals surface area (Å²) < 4.78 is 5.54. The monoisotopic (exact) mass is 336 g/mol. The molecule has 3 rings (SSSR count). The Kier molecular flexibility index (Phi) is 5.75. The van der Waals surface area contributed by atoms with Gasteiger partial charge in [0.25, 0.3) is 0 Å². The number of hydrogen-bond acceptors (Lipinski definition) is 3. The SMILES string of the molecule is NC(=NCC1CCCO1)NCCN1CCc2c(Cl)cccc2C1. The molecule has 1 aromatic rings. The number of nitrogens with zero attached hydrogens (tertiary/aromatic N) is 2. The van der Waals surface area contributed by atoms with E-state index in [0.29, 0.717) is 12.5 Å². The summed E-state index contributed by atoms with van der Waals surface area (Å²) in [6, 6.07) is 6.17. The molecule has 3 N–H and O–H groups in total. The molecule has 2 aliphatic rings. The summed E-state index contributed by atoms with van der Waals surface area (Å²) in [5.74, 6) is 0.515. The highest BCUT2D eigenvalue weighted by molar-refractivity contribution is 6.31. The lowest BCUT2D eigenvalue weighted by Crippen LogP contribution is -2.40. The van der Waals surface area contributed by atoms with Crippen molar-refractivity contribution < 1.29 is 4.74 Å². The van der Waals surface area contributed by atoms with Crippen molar-refractivity contribution in [1.82, 2.24) is 10.2 Å². The quantitative estimate of drug-likeness (QED) is 0.635. The van der Waals surface area contributed by atoms with Crippen molar-refractivity contribution >= 4 is 17.6 Å². The first-order valence-corrected chi connectivity index (χ1v) is 8.74. The van der Waals surface area contributed by atoms with Crippen molar-refractivity contribution in [3.05, 3.63) is 34.3 Å². The van der Waals surface area contributed by atoms with Crippen LogP contribution in [-0.4, -0.2) is 49.7 Å². The maximum atomic E-state index is 6.25. The summed E-state index contributed by atoms with van der Waals surface area (Å²) in [5.41, 5.74) is 8.55. The Balaban J connectivity index is 1.40. The molecule has 0 saturated carbocycles. The second kappa shape index (κ2) is 7.99. The molecular formula is C17H25ClN4O. The molecule has 0 spiro atoms. The van der Waals surface area contributed by atoms with Gasteiger partial charge in [-0.2, -0.15) is 0 Å². The molecule has 23 heavy (non-hydrogen) atoms. The van der Waals surface area contributed by atoms with Crippen LogP contribution in [-0.2, 0) is 17.7 Å². The lowest BCUT2D eigenvalue weighted by atomic mass is 10.00. The first-order chi connectivity index (χ1) is 11.2. The Morgan fingerprint density at radius 2 is 2.39 bits per heavy atom. The van der Waals surface area contributed by atoms with Crippen molar-refractivity contribution in [3.8, 4) is 0 Å². The second-order valence-electron chi connectivity index (χ2n) is 6.19. The average molecular weight is 337 g/mol. The minimum atomic E-state index is 0.249. The van der Waals surface area contributed by atoms with E-state index < -0.39 is 0 Å². The Hall–Kier alpha value is -1.30. The van der Waals surface area contributed by atoms with E-state index in [4.69, 9.17) is 22.1 Å². The number of hydrogen-bond donors (Lipinski definition) is 2. The predicted molar refractivity (Wildman–Crippen MR) is 93.9 cm³/mol. The van der Waals surface area contributed by atoms with Gasteiger partial charge in [-0.25, -0.2) is 0 Å². The van der Waals surface area contributed by atoms with Gasteiger partial charge in [-0.3, -0.25) is 9.89 Å². The molecule has 2 aliphatic heterocycles. The minimum Gasteiger partial charge on any atom is -0.376 e. The Morgan fingerprint density at radius 3 is 3.22 bits per heavy atom. The molecule has 1 fully saturated rings. The van der Waals surface area contributed by atoms with Crippen LogP contribution >= 0.6 is 11.6 Å². The van der Waals surface area contributed by atoms with Gasteiger partial charge in [-0.1, -0.05) is 23.7 Å². The third-order valence-electron chi connectivity index (χ3n) is 4.51. The fraction of sp³-hybridized carbons (Fsp3) is 0.588. The lowest BCUT2D eigenvalue weighted by Gasteiger charge is -2.29. The van der Waals surface area contributed by atoms with E-state index >= 15 is 0 Å². The number of nitrogens with two attached hydrogens (primary N) is 1. The molecule has 1 saturated heterocycles. The summed E-state index contributed by atoms with van der Waals surface area (Å²) in [4.78, 5) is 6.77. The van der Waals surface area contributed by atoms with Crippen LogP contribution < -0.4 is 11.1 Å². The first kappa shape index (κ1) is 16.6. The number of nitrogens with one attached hydrogen (secondary N) is 1. The van der Waals surface area contributed by atoms with Crippen LogP contribution in [0.4, 0.5) is 0 Å². The highest BCUT2D eigenvalue weighted by atomic mass is 35.5. The molecule has 0 amide bonds. The van der Waals surface area contributed by atoms with Gasteiger partial charge in [-0.05, 0) is 36.5 Å². The zero-order valence-electron chi connectivity index (χ0n) is 13.4. The van der Waals surface area contributed by atoms with Crippen molar-refractivity contribution in [1.29, 1.82) is 0 Å². The minimum absolute atomic E-state index is 0.249. The van der Waals surface area contributed by atoms with E-state index in [-0.39, 0.29) is 6.10 Å². The van der Waals surface area contributed by atoms with Crippen LogP contribution in [0.1, 0.15) is 24.0 Å². The van der Waals surface area contributed by atoms with Gasteiger partial charge in [0.05, 0.1) is 12.6 Å². The number of fused-ring (bicyclic) bond motifs is 1. The summed E-state index contributed by atoms with van der Waals surface area (Å²) in [5, 5.41) is 4.09.